The second kappa shape index (κ2) is 16.1. The Kier molecular flexibility index (Phi) is 9.73. The van der Waals surface area contributed by atoms with Crippen LogP contribution in [0.5, 0.6) is 0 Å². The molecule has 292 valence electrons. The van der Waals surface area contributed by atoms with Gasteiger partial charge in [0.15, 0.2) is 25.5 Å². The van der Waals surface area contributed by atoms with Crippen LogP contribution in [0.2, 0.25) is 0 Å². The van der Waals surface area contributed by atoms with Crippen molar-refractivity contribution in [3.8, 4) is 56.4 Å². The van der Waals surface area contributed by atoms with E-state index < -0.39 is 8.07 Å². The minimum atomic E-state index is -2.90. The molecule has 0 N–H and O–H groups in total. The lowest BCUT2D eigenvalue weighted by Gasteiger charge is -2.35. The van der Waals surface area contributed by atoms with E-state index in [2.05, 4.69) is 176 Å². The number of thiophene rings is 1. The fraction of sp³-hybridized carbons (Fsp3) is 0. The molecule has 0 fully saturated rings. The number of benzene rings is 9. The fourth-order valence-electron chi connectivity index (χ4n) is 9.00. The molecule has 0 unspecified atom stereocenters. The molecule has 0 bridgehead atoms. The van der Waals surface area contributed by atoms with E-state index in [4.69, 9.17) is 15.0 Å². The molecule has 0 atom stereocenters. The van der Waals surface area contributed by atoms with E-state index in [9.17, 15) is 0 Å². The molecule has 11 rings (SSSR count). The number of hydrogen-bond donors (Lipinski definition) is 0. The Bertz CT molecular complexity index is 3180. The summed E-state index contributed by atoms with van der Waals surface area (Å²) in [6.07, 6.45) is 0. The summed E-state index contributed by atoms with van der Waals surface area (Å²) in [4.78, 5) is 15.0. The lowest BCUT2D eigenvalue weighted by atomic mass is 9.97. The molecule has 2 aromatic heterocycles. The van der Waals surface area contributed by atoms with Gasteiger partial charge < -0.3 is 0 Å². The topological polar surface area (TPSA) is 38.7 Å². The maximum absolute atomic E-state index is 5.04. The van der Waals surface area contributed by atoms with Gasteiger partial charge in [0.05, 0.1) is 0 Å². The van der Waals surface area contributed by atoms with E-state index >= 15 is 0 Å². The van der Waals surface area contributed by atoms with Crippen molar-refractivity contribution in [1.29, 1.82) is 0 Å². The second-order valence-corrected chi connectivity index (χ2v) is 20.4. The van der Waals surface area contributed by atoms with Gasteiger partial charge in [-0.2, -0.15) is 0 Å². The van der Waals surface area contributed by atoms with Crippen LogP contribution in [0.1, 0.15) is 0 Å². The first kappa shape index (κ1) is 37.4. The lowest BCUT2D eigenvalue weighted by molar-refractivity contribution is 1.07. The van der Waals surface area contributed by atoms with E-state index in [1.165, 1.54) is 52.0 Å². The molecule has 0 amide bonds. The first-order valence-corrected chi connectivity index (χ1v) is 23.7. The number of hydrogen-bond acceptors (Lipinski definition) is 4. The molecule has 5 heteroatoms. The highest BCUT2D eigenvalue weighted by molar-refractivity contribution is 7.27. The van der Waals surface area contributed by atoms with Gasteiger partial charge in [-0.1, -0.05) is 212 Å². The van der Waals surface area contributed by atoms with Crippen molar-refractivity contribution >= 4 is 60.3 Å². The van der Waals surface area contributed by atoms with Crippen LogP contribution in [0.25, 0.3) is 76.6 Å². The lowest BCUT2D eigenvalue weighted by Crippen LogP contribution is -2.74. The Morgan fingerprint density at radius 1 is 0.290 bits per heavy atom. The van der Waals surface area contributed by atoms with E-state index in [-0.39, 0.29) is 0 Å². The van der Waals surface area contributed by atoms with Crippen LogP contribution in [0.4, 0.5) is 0 Å². The molecule has 0 spiro atoms. The van der Waals surface area contributed by atoms with Gasteiger partial charge in [0, 0.05) is 36.9 Å². The van der Waals surface area contributed by atoms with Gasteiger partial charge in [0.2, 0.25) is 0 Å². The molecule has 0 aliphatic rings. The van der Waals surface area contributed by atoms with Gasteiger partial charge in [0.25, 0.3) is 0 Å². The predicted octanol–water partition coefficient (Wildman–Crippen LogP) is 12.0. The van der Waals surface area contributed by atoms with Gasteiger partial charge in [-0.15, -0.1) is 11.3 Å². The maximum atomic E-state index is 5.04. The Balaban J connectivity index is 1.10. The summed E-state index contributed by atoms with van der Waals surface area (Å²) in [5, 5.41) is 8.14. The van der Waals surface area contributed by atoms with Crippen molar-refractivity contribution in [1.82, 2.24) is 15.0 Å². The smallest absolute Gasteiger partial charge is 0.180 e. The Morgan fingerprint density at radius 3 is 1.19 bits per heavy atom. The summed E-state index contributed by atoms with van der Waals surface area (Å²) in [5.41, 5.74) is 7.43. The van der Waals surface area contributed by atoms with E-state index in [1.807, 2.05) is 72.0 Å². The zero-order valence-electron chi connectivity index (χ0n) is 33.8. The third-order valence-electron chi connectivity index (χ3n) is 11.9. The summed E-state index contributed by atoms with van der Waals surface area (Å²) < 4.78 is 2.59. The van der Waals surface area contributed by atoms with E-state index in [1.54, 1.807) is 0 Å². The molecule has 3 nitrogen and oxygen atoms in total. The molecule has 0 saturated heterocycles. The summed E-state index contributed by atoms with van der Waals surface area (Å²) in [7, 11) is -2.90. The minimum absolute atomic E-state index is 0.639. The van der Waals surface area contributed by atoms with Gasteiger partial charge in [-0.3, -0.25) is 0 Å². The Morgan fingerprint density at radius 2 is 0.677 bits per heavy atom. The van der Waals surface area contributed by atoms with Crippen LogP contribution in [0.3, 0.4) is 0 Å². The number of aromatic nitrogens is 3. The van der Waals surface area contributed by atoms with Crippen molar-refractivity contribution in [3.63, 3.8) is 0 Å². The van der Waals surface area contributed by atoms with Crippen molar-refractivity contribution in [3.05, 3.63) is 237 Å². The molecule has 0 saturated carbocycles. The molecule has 11 aromatic rings. The summed E-state index contributed by atoms with van der Waals surface area (Å²) in [6.45, 7) is 0. The third-order valence-corrected chi connectivity index (χ3v) is 17.8. The molecule has 0 radical (unpaired) electrons. The van der Waals surface area contributed by atoms with Crippen LogP contribution in [0, 0.1) is 0 Å². The maximum Gasteiger partial charge on any atom is 0.180 e. The quantitative estimate of drug-likeness (QED) is 0.107. The molecule has 0 aliphatic carbocycles. The monoisotopic (exact) mass is 825 g/mol. The van der Waals surface area contributed by atoms with Crippen LogP contribution in [-0.4, -0.2) is 23.0 Å². The van der Waals surface area contributed by atoms with E-state index in [0.717, 1.165) is 27.8 Å². The average Bonchev–Trinajstić information content (AvgIpc) is 3.74. The van der Waals surface area contributed by atoms with E-state index in [0.29, 0.717) is 17.5 Å². The minimum Gasteiger partial charge on any atom is -0.208 e. The van der Waals surface area contributed by atoms with Gasteiger partial charge >= 0.3 is 0 Å². The molecule has 62 heavy (non-hydrogen) atoms. The molecule has 9 aromatic carbocycles. The predicted molar refractivity (Wildman–Crippen MR) is 264 cm³/mol. The van der Waals surface area contributed by atoms with Crippen LogP contribution >= 0.6 is 11.3 Å². The first-order valence-electron chi connectivity index (χ1n) is 20.9. The van der Waals surface area contributed by atoms with Gasteiger partial charge in [-0.05, 0) is 67.3 Å². The summed E-state index contributed by atoms with van der Waals surface area (Å²) >= 11 is 1.89. The average molecular weight is 826 g/mol. The van der Waals surface area contributed by atoms with Crippen LogP contribution < -0.4 is 20.7 Å². The fourth-order valence-corrected chi connectivity index (χ4v) is 15.3. The number of nitrogens with zero attached hydrogens (tertiary/aromatic N) is 3. The molecular weight excluding hydrogens is 787 g/mol. The Labute approximate surface area is 366 Å². The Hall–Kier alpha value is -7.57. The highest BCUT2D eigenvalue weighted by Crippen LogP contribution is 2.38. The van der Waals surface area contributed by atoms with Crippen molar-refractivity contribution in [2.45, 2.75) is 0 Å². The molecule has 2 heterocycles. The zero-order chi connectivity index (χ0) is 41.3. The summed E-state index contributed by atoms with van der Waals surface area (Å²) in [5.74, 6) is 1.94. The third kappa shape index (κ3) is 6.74. The first-order chi connectivity index (χ1) is 30.7. The highest BCUT2D eigenvalue weighted by Gasteiger charge is 2.43. The van der Waals surface area contributed by atoms with Crippen molar-refractivity contribution in [2.24, 2.45) is 0 Å². The number of fused-ring (bicyclic) bond motifs is 3. The molecule has 0 aliphatic heterocycles. The van der Waals surface area contributed by atoms with Gasteiger partial charge in [-0.25, -0.2) is 15.0 Å². The summed E-state index contributed by atoms with van der Waals surface area (Å²) in [6, 6.07) is 85.4. The molecular formula is C57H39N3SSi. The largest absolute Gasteiger partial charge is 0.208 e. The van der Waals surface area contributed by atoms with Crippen LogP contribution in [0.15, 0.2) is 237 Å². The standard InChI is InChI=1S/C57H39N3SSi/c1-6-20-40(21-7-1)55-58-56(41-22-8-2-9-23-41)60-57(59-55)45-27-19-25-43(37-45)42-24-18-26-44(36-42)46-38-52-54(50-34-16-17-35-51(50)61-52)53(39-46)62(47-28-10-3-11-29-47,48-30-12-4-13-31-48)49-32-14-5-15-33-49/h1-39H. The van der Waals surface area contributed by atoms with Crippen molar-refractivity contribution < 1.29 is 0 Å². The highest BCUT2D eigenvalue weighted by atomic mass is 32.1. The SMILES string of the molecule is c1ccc(-c2nc(-c3ccccc3)nc(-c3cccc(-c4cccc(-c5cc([Si](c6ccccc6)(c6ccccc6)c6ccccc6)c6c(c5)sc5ccccc56)c4)c3)n2)cc1. The van der Waals surface area contributed by atoms with Crippen LogP contribution in [-0.2, 0) is 0 Å². The second-order valence-electron chi connectivity index (χ2n) is 15.5. The normalized spacial score (nSPS) is 11.5. The zero-order valence-corrected chi connectivity index (χ0v) is 35.6. The van der Waals surface area contributed by atoms with Crippen molar-refractivity contribution in [2.75, 3.05) is 0 Å². The van der Waals surface area contributed by atoms with Gasteiger partial charge in [0.1, 0.15) is 0 Å². The number of rotatable bonds is 9.